The van der Waals surface area contributed by atoms with Crippen molar-refractivity contribution in [3.63, 3.8) is 0 Å². The molecule has 18 heavy (non-hydrogen) atoms. The third-order valence-electron chi connectivity index (χ3n) is 4.13. The average Bonchev–Trinajstić information content (AvgIpc) is 2.98. The van der Waals surface area contributed by atoms with Crippen LogP contribution in [0.2, 0.25) is 0 Å². The van der Waals surface area contributed by atoms with Crippen LogP contribution >= 0.6 is 0 Å². The Morgan fingerprint density at radius 3 is 3.17 bits per heavy atom. The van der Waals surface area contributed by atoms with Gasteiger partial charge in [-0.2, -0.15) is 0 Å². The molecule has 0 radical (unpaired) electrons. The molecule has 1 aromatic rings. The van der Waals surface area contributed by atoms with E-state index < -0.39 is 0 Å². The van der Waals surface area contributed by atoms with Crippen LogP contribution in [-0.2, 0) is 11.3 Å². The highest BCUT2D eigenvalue weighted by Gasteiger charge is 2.47. The topological polar surface area (TPSA) is 42.3 Å². The number of nitrogens with zero attached hydrogens (tertiary/aromatic N) is 3. The number of imidazole rings is 1. The second-order valence-electron chi connectivity index (χ2n) is 5.42. The van der Waals surface area contributed by atoms with Gasteiger partial charge in [-0.15, -0.1) is 0 Å². The number of aromatic nitrogens is 2. The molecule has 2 fully saturated rings. The Kier molecular flexibility index (Phi) is 3.13. The molecule has 0 amide bonds. The Bertz CT molecular complexity index is 415. The van der Waals surface area contributed by atoms with Crippen LogP contribution < -0.4 is 5.32 Å². The first kappa shape index (κ1) is 12.1. The largest absolute Gasteiger partial charge is 0.370 e. The molecular weight excluding hydrogens is 228 g/mol. The molecule has 2 unspecified atom stereocenters. The lowest BCUT2D eigenvalue weighted by Crippen LogP contribution is -2.53. The van der Waals surface area contributed by atoms with Gasteiger partial charge in [-0.3, -0.25) is 0 Å². The zero-order valence-corrected chi connectivity index (χ0v) is 11.2. The number of rotatable bonds is 2. The van der Waals surface area contributed by atoms with Crippen LogP contribution in [0.4, 0.5) is 0 Å². The van der Waals surface area contributed by atoms with Gasteiger partial charge in [0.1, 0.15) is 5.60 Å². The van der Waals surface area contributed by atoms with E-state index in [1.807, 2.05) is 6.33 Å². The number of morpholine rings is 1. The van der Waals surface area contributed by atoms with Gasteiger partial charge in [-0.05, 0) is 20.4 Å². The summed E-state index contributed by atoms with van der Waals surface area (Å²) in [5.74, 6) is 0. The van der Waals surface area contributed by atoms with Gasteiger partial charge < -0.3 is 19.5 Å². The Morgan fingerprint density at radius 1 is 1.61 bits per heavy atom. The minimum Gasteiger partial charge on any atom is -0.370 e. The van der Waals surface area contributed by atoms with E-state index in [0.29, 0.717) is 0 Å². The third kappa shape index (κ3) is 1.96. The summed E-state index contributed by atoms with van der Waals surface area (Å²) >= 11 is 0. The summed E-state index contributed by atoms with van der Waals surface area (Å²) in [5.41, 5.74) is 1.03. The second-order valence-corrected chi connectivity index (χ2v) is 5.42. The normalized spacial score (nSPS) is 33.3. The lowest BCUT2D eigenvalue weighted by atomic mass is 9.89. The summed E-state index contributed by atoms with van der Waals surface area (Å²) < 4.78 is 8.28. The number of nitrogens with one attached hydrogen (secondary N) is 1. The summed E-state index contributed by atoms with van der Waals surface area (Å²) in [6, 6.07) is 0.226. The van der Waals surface area contributed by atoms with Gasteiger partial charge in [0.15, 0.2) is 0 Å². The first-order valence-corrected chi connectivity index (χ1v) is 6.81. The van der Waals surface area contributed by atoms with E-state index in [1.165, 1.54) is 0 Å². The maximum absolute atomic E-state index is 6.15. The minimum atomic E-state index is -0.0834. The van der Waals surface area contributed by atoms with Crippen molar-refractivity contribution >= 4 is 0 Å². The molecule has 0 bridgehead atoms. The van der Waals surface area contributed by atoms with Gasteiger partial charge in [0.05, 0.1) is 24.7 Å². The summed E-state index contributed by atoms with van der Waals surface area (Å²) in [6.07, 6.45) is 5.14. The van der Waals surface area contributed by atoms with E-state index >= 15 is 0 Å². The van der Waals surface area contributed by atoms with Crippen molar-refractivity contribution in [2.24, 2.45) is 0 Å². The molecule has 0 saturated carbocycles. The number of likely N-dealkylation sites (tertiary alicyclic amines) is 1. The lowest BCUT2D eigenvalue weighted by molar-refractivity contribution is -0.0898. The summed E-state index contributed by atoms with van der Waals surface area (Å²) in [7, 11) is 2.16. The molecule has 0 aliphatic carbocycles. The van der Waals surface area contributed by atoms with Crippen LogP contribution in [0.5, 0.6) is 0 Å². The van der Waals surface area contributed by atoms with Crippen molar-refractivity contribution in [1.82, 2.24) is 19.8 Å². The molecule has 0 aromatic carbocycles. The SMILES string of the molecule is CCn1cnc(C2NCCOC23CCN(C)C3)c1. The highest BCUT2D eigenvalue weighted by Crippen LogP contribution is 2.38. The quantitative estimate of drug-likeness (QED) is 0.836. The third-order valence-corrected chi connectivity index (χ3v) is 4.13. The Balaban J connectivity index is 1.87. The fraction of sp³-hybridized carbons (Fsp3) is 0.769. The van der Waals surface area contributed by atoms with Crippen LogP contribution in [0.25, 0.3) is 0 Å². The molecule has 1 spiro atoms. The highest BCUT2D eigenvalue weighted by atomic mass is 16.5. The van der Waals surface area contributed by atoms with E-state index in [0.717, 1.165) is 44.9 Å². The highest BCUT2D eigenvalue weighted by molar-refractivity contribution is 5.15. The zero-order valence-electron chi connectivity index (χ0n) is 11.2. The van der Waals surface area contributed by atoms with Crippen LogP contribution in [-0.4, -0.2) is 53.3 Å². The van der Waals surface area contributed by atoms with Crippen molar-refractivity contribution in [2.75, 3.05) is 33.3 Å². The maximum Gasteiger partial charge on any atom is 0.103 e. The lowest BCUT2D eigenvalue weighted by Gasteiger charge is -2.41. The molecule has 3 rings (SSSR count). The van der Waals surface area contributed by atoms with E-state index in [1.54, 1.807) is 0 Å². The molecule has 2 atom stereocenters. The van der Waals surface area contributed by atoms with E-state index in [9.17, 15) is 0 Å². The molecule has 5 heteroatoms. The van der Waals surface area contributed by atoms with Crippen LogP contribution in [0.15, 0.2) is 12.5 Å². The number of aryl methyl sites for hydroxylation is 1. The van der Waals surface area contributed by atoms with Crippen LogP contribution in [0.3, 0.4) is 0 Å². The summed E-state index contributed by atoms with van der Waals surface area (Å²) in [5, 5.41) is 3.60. The first-order valence-electron chi connectivity index (χ1n) is 6.81. The van der Waals surface area contributed by atoms with Gasteiger partial charge in [-0.25, -0.2) is 4.98 Å². The Morgan fingerprint density at radius 2 is 2.50 bits per heavy atom. The molecule has 2 aliphatic heterocycles. The molecule has 2 aliphatic rings. The van der Waals surface area contributed by atoms with Crippen LogP contribution in [0, 0.1) is 0 Å². The predicted molar refractivity (Wildman–Crippen MR) is 69.4 cm³/mol. The van der Waals surface area contributed by atoms with Gasteiger partial charge >= 0.3 is 0 Å². The Hall–Kier alpha value is -0.910. The molecule has 100 valence electrons. The summed E-state index contributed by atoms with van der Waals surface area (Å²) in [4.78, 5) is 6.90. The molecule has 5 nitrogen and oxygen atoms in total. The molecule has 1 aromatic heterocycles. The molecule has 3 heterocycles. The van der Waals surface area contributed by atoms with Gasteiger partial charge in [0.25, 0.3) is 0 Å². The predicted octanol–water partition coefficient (Wildman–Crippen LogP) is 0.638. The standard InChI is InChI=1S/C13H22N4O/c1-3-17-8-11(15-10-17)12-13(18-7-5-14-12)4-6-16(2)9-13/h8,10,12,14H,3-7,9H2,1-2H3. The van der Waals surface area contributed by atoms with Crippen molar-refractivity contribution < 1.29 is 4.74 Å². The fourth-order valence-corrected chi connectivity index (χ4v) is 3.15. The van der Waals surface area contributed by atoms with Gasteiger partial charge in [0, 0.05) is 32.4 Å². The number of ether oxygens (including phenoxy) is 1. The molecule has 2 saturated heterocycles. The van der Waals surface area contributed by atoms with Crippen LogP contribution in [0.1, 0.15) is 25.1 Å². The van der Waals surface area contributed by atoms with Crippen molar-refractivity contribution in [1.29, 1.82) is 0 Å². The van der Waals surface area contributed by atoms with Crippen molar-refractivity contribution in [2.45, 2.75) is 31.5 Å². The fourth-order valence-electron chi connectivity index (χ4n) is 3.15. The number of likely N-dealkylation sites (N-methyl/N-ethyl adjacent to an activating group) is 1. The molecule has 1 N–H and O–H groups in total. The average molecular weight is 250 g/mol. The number of hydrogen-bond donors (Lipinski definition) is 1. The number of hydrogen-bond acceptors (Lipinski definition) is 4. The summed E-state index contributed by atoms with van der Waals surface area (Å²) in [6.45, 7) is 6.91. The van der Waals surface area contributed by atoms with E-state index in [4.69, 9.17) is 4.74 Å². The monoisotopic (exact) mass is 250 g/mol. The smallest absolute Gasteiger partial charge is 0.103 e. The van der Waals surface area contributed by atoms with Crippen molar-refractivity contribution in [3.8, 4) is 0 Å². The van der Waals surface area contributed by atoms with E-state index in [-0.39, 0.29) is 11.6 Å². The minimum absolute atomic E-state index is 0.0834. The zero-order chi connectivity index (χ0) is 12.6. The second kappa shape index (κ2) is 4.64. The Labute approximate surface area is 108 Å². The first-order chi connectivity index (χ1) is 8.73. The van der Waals surface area contributed by atoms with Crippen molar-refractivity contribution in [3.05, 3.63) is 18.2 Å². The van der Waals surface area contributed by atoms with E-state index in [2.05, 4.69) is 39.9 Å². The molecular formula is C13H22N4O. The van der Waals surface area contributed by atoms with Gasteiger partial charge in [0.2, 0.25) is 0 Å². The van der Waals surface area contributed by atoms with Gasteiger partial charge in [-0.1, -0.05) is 0 Å². The maximum atomic E-state index is 6.15.